The lowest BCUT2D eigenvalue weighted by atomic mass is 9.79. The lowest BCUT2D eigenvalue weighted by molar-refractivity contribution is -0.132. The molecule has 1 spiro atoms. The highest BCUT2D eigenvalue weighted by atomic mass is 35.5. The van der Waals surface area contributed by atoms with Gasteiger partial charge in [0, 0.05) is 73.1 Å². The minimum absolute atomic E-state index is 0.152. The summed E-state index contributed by atoms with van der Waals surface area (Å²) in [5.74, 6) is 1.82. The molecule has 220 valence electrons. The van der Waals surface area contributed by atoms with Crippen LogP contribution < -0.4 is 15.4 Å². The number of fused-ring (bicyclic) bond motifs is 1. The van der Waals surface area contributed by atoms with Crippen molar-refractivity contribution in [2.24, 2.45) is 16.6 Å². The highest BCUT2D eigenvalue weighted by Gasteiger charge is 2.49. The number of anilines is 1. The van der Waals surface area contributed by atoms with E-state index in [0.717, 1.165) is 60.6 Å². The van der Waals surface area contributed by atoms with Gasteiger partial charge in [0.15, 0.2) is 0 Å². The zero-order valence-electron chi connectivity index (χ0n) is 24.0. The molecule has 2 saturated heterocycles. The fourth-order valence-corrected chi connectivity index (χ4v) is 6.67. The molecule has 3 N–H and O–H groups in total. The Hall–Kier alpha value is -3.40. The highest BCUT2D eigenvalue weighted by Crippen LogP contribution is 2.42. The maximum atomic E-state index is 12.8. The van der Waals surface area contributed by atoms with Crippen LogP contribution in [0.15, 0.2) is 48.9 Å². The van der Waals surface area contributed by atoms with Crippen LogP contribution in [-0.2, 0) is 4.79 Å². The first-order valence-corrected chi connectivity index (χ1v) is 14.9. The van der Waals surface area contributed by atoms with Crippen molar-refractivity contribution in [3.8, 4) is 17.0 Å². The Morgan fingerprint density at radius 3 is 2.60 bits per heavy atom. The third kappa shape index (κ3) is 5.53. The molecular weight excluding hydrogens is 573 g/mol. The Morgan fingerprint density at radius 1 is 1.14 bits per heavy atom. The quantitative estimate of drug-likeness (QED) is 0.257. The van der Waals surface area contributed by atoms with Crippen molar-refractivity contribution < 1.29 is 9.53 Å². The van der Waals surface area contributed by atoms with Gasteiger partial charge in [-0.3, -0.25) is 14.9 Å². The van der Waals surface area contributed by atoms with Crippen molar-refractivity contribution in [2.75, 3.05) is 37.6 Å². The third-order valence-electron chi connectivity index (χ3n) is 8.52. The van der Waals surface area contributed by atoms with Crippen LogP contribution in [0, 0.1) is 10.8 Å². The Kier molecular flexibility index (Phi) is 7.53. The number of halogens is 2. The van der Waals surface area contributed by atoms with Gasteiger partial charge in [-0.1, -0.05) is 37.0 Å². The summed E-state index contributed by atoms with van der Waals surface area (Å²) < 4.78 is 6.21. The lowest BCUT2D eigenvalue weighted by Gasteiger charge is -2.48. The van der Waals surface area contributed by atoms with Crippen LogP contribution in [0.1, 0.15) is 45.3 Å². The average molecular weight is 609 g/mol. The van der Waals surface area contributed by atoms with Crippen LogP contribution in [0.25, 0.3) is 22.2 Å². The molecule has 2 aliphatic heterocycles. The molecule has 0 bridgehead atoms. The normalized spacial score (nSPS) is 17.1. The minimum Gasteiger partial charge on any atom is -0.486 e. The monoisotopic (exact) mass is 607 g/mol. The van der Waals surface area contributed by atoms with Gasteiger partial charge < -0.3 is 20.3 Å². The van der Waals surface area contributed by atoms with E-state index in [1.165, 1.54) is 0 Å². The average Bonchev–Trinajstić information content (AvgIpc) is 3.57. The number of nitrogens with two attached hydrogens (primary N) is 1. The van der Waals surface area contributed by atoms with E-state index in [4.69, 9.17) is 38.7 Å². The van der Waals surface area contributed by atoms with Crippen molar-refractivity contribution in [1.29, 1.82) is 0 Å². The predicted molar refractivity (Wildman–Crippen MR) is 166 cm³/mol. The molecule has 9 nitrogen and oxygen atoms in total. The van der Waals surface area contributed by atoms with Gasteiger partial charge in [0.2, 0.25) is 5.91 Å². The van der Waals surface area contributed by atoms with Gasteiger partial charge in [-0.05, 0) is 55.6 Å². The van der Waals surface area contributed by atoms with Crippen LogP contribution in [-0.4, -0.2) is 63.7 Å². The molecule has 2 fully saturated rings. The van der Waals surface area contributed by atoms with Gasteiger partial charge in [-0.15, -0.1) is 0 Å². The third-order valence-corrected chi connectivity index (χ3v) is 9.12. The Bertz CT molecular complexity index is 1600. The largest absolute Gasteiger partial charge is 0.486 e. The molecule has 11 heteroatoms. The summed E-state index contributed by atoms with van der Waals surface area (Å²) in [5, 5.41) is 9.53. The van der Waals surface area contributed by atoms with Crippen LogP contribution >= 0.6 is 23.2 Å². The molecule has 0 aliphatic carbocycles. The zero-order chi connectivity index (χ0) is 29.6. The van der Waals surface area contributed by atoms with Gasteiger partial charge in [0.05, 0.1) is 15.6 Å². The number of rotatable bonds is 8. The summed E-state index contributed by atoms with van der Waals surface area (Å²) in [6.07, 6.45) is 6.13. The second kappa shape index (κ2) is 11.0. The van der Waals surface area contributed by atoms with Crippen LogP contribution in [0.2, 0.25) is 10.0 Å². The number of benzene rings is 1. The standard InChI is InChI=1S/C31H35Cl2N7O2/c1-19(28-23(32)13-35-14-24(28)33)42-21-5-6-25-22(10-21)29(38-37-25)20-4-7-26(36-12-20)40-17-31(18-40)8-9-39(16-31)27(41)11-30(2,3)15-34/h4-7,10,12-14,19H,8-9,11,15-18,34H2,1-3H3,(H,37,38)/t19-/m1/s1. The van der Waals surface area contributed by atoms with E-state index >= 15 is 0 Å². The van der Waals surface area contributed by atoms with Crippen LogP contribution in [0.5, 0.6) is 5.75 Å². The van der Waals surface area contributed by atoms with E-state index in [-0.39, 0.29) is 22.8 Å². The van der Waals surface area contributed by atoms with Gasteiger partial charge >= 0.3 is 0 Å². The van der Waals surface area contributed by atoms with E-state index < -0.39 is 0 Å². The van der Waals surface area contributed by atoms with Gasteiger partial charge in [0.1, 0.15) is 23.4 Å². The number of carbonyl (C=O) groups excluding carboxylic acids is 1. The molecule has 42 heavy (non-hydrogen) atoms. The lowest BCUT2D eigenvalue weighted by Crippen LogP contribution is -2.58. The molecule has 5 heterocycles. The van der Waals surface area contributed by atoms with Gasteiger partial charge in [-0.2, -0.15) is 5.10 Å². The van der Waals surface area contributed by atoms with E-state index in [2.05, 4.69) is 26.1 Å². The fraction of sp³-hybridized carbons (Fsp3) is 0.419. The summed E-state index contributed by atoms with van der Waals surface area (Å²) in [4.78, 5) is 25.9. The van der Waals surface area contributed by atoms with E-state index in [0.29, 0.717) is 34.3 Å². The summed E-state index contributed by atoms with van der Waals surface area (Å²) in [6.45, 7) is 9.94. The van der Waals surface area contributed by atoms with Crippen LogP contribution in [0.4, 0.5) is 5.82 Å². The van der Waals surface area contributed by atoms with Crippen molar-refractivity contribution in [3.05, 3.63) is 64.5 Å². The number of likely N-dealkylation sites (tertiary alicyclic amines) is 1. The van der Waals surface area contributed by atoms with Crippen molar-refractivity contribution in [2.45, 2.75) is 39.7 Å². The summed E-state index contributed by atoms with van der Waals surface area (Å²) in [7, 11) is 0. The fourth-order valence-electron chi connectivity index (χ4n) is 6.00. The van der Waals surface area contributed by atoms with Gasteiger partial charge in [-0.25, -0.2) is 4.98 Å². The topological polar surface area (TPSA) is 113 Å². The second-order valence-corrected chi connectivity index (χ2v) is 13.2. The predicted octanol–water partition coefficient (Wildman–Crippen LogP) is 5.88. The number of pyridine rings is 2. The molecule has 2 aliphatic rings. The first-order valence-electron chi connectivity index (χ1n) is 14.2. The van der Waals surface area contributed by atoms with E-state index in [1.807, 2.05) is 56.1 Å². The number of aromatic nitrogens is 4. The number of H-pyrrole nitrogens is 1. The van der Waals surface area contributed by atoms with Crippen molar-refractivity contribution in [3.63, 3.8) is 0 Å². The van der Waals surface area contributed by atoms with Crippen molar-refractivity contribution >= 4 is 45.8 Å². The highest BCUT2D eigenvalue weighted by molar-refractivity contribution is 6.35. The maximum Gasteiger partial charge on any atom is 0.223 e. The zero-order valence-corrected chi connectivity index (χ0v) is 25.5. The Morgan fingerprint density at radius 2 is 1.90 bits per heavy atom. The number of nitrogens with zero attached hydrogens (tertiary/aromatic N) is 5. The minimum atomic E-state index is -0.371. The number of aromatic amines is 1. The molecule has 4 aromatic rings. The number of amides is 1. The smallest absolute Gasteiger partial charge is 0.223 e. The number of ether oxygens (including phenoxy) is 1. The molecule has 1 amide bonds. The molecule has 1 aromatic carbocycles. The number of hydrogen-bond donors (Lipinski definition) is 2. The van der Waals surface area contributed by atoms with E-state index in [9.17, 15) is 4.79 Å². The summed E-state index contributed by atoms with van der Waals surface area (Å²) >= 11 is 12.7. The molecule has 3 aromatic heterocycles. The molecule has 0 saturated carbocycles. The van der Waals surface area contributed by atoms with Crippen LogP contribution in [0.3, 0.4) is 0 Å². The number of hydrogen-bond acceptors (Lipinski definition) is 7. The van der Waals surface area contributed by atoms with Gasteiger partial charge in [0.25, 0.3) is 0 Å². The molecule has 0 unspecified atom stereocenters. The molecule has 1 atom stereocenters. The summed E-state index contributed by atoms with van der Waals surface area (Å²) in [6, 6.07) is 9.89. The first-order chi connectivity index (χ1) is 20.1. The Labute approximate surface area is 255 Å². The first kappa shape index (κ1) is 28.7. The number of carbonyl (C=O) groups is 1. The SMILES string of the molecule is C[C@@H](Oc1ccc2[nH]nc(-c3ccc(N4CC5(CCN(C(=O)CC(C)(C)CN)C5)C4)nc3)c2c1)c1c(Cl)cncc1Cl. The van der Waals surface area contributed by atoms with E-state index in [1.54, 1.807) is 12.4 Å². The van der Waals surface area contributed by atoms with Crippen molar-refractivity contribution in [1.82, 2.24) is 25.1 Å². The maximum absolute atomic E-state index is 12.8. The number of nitrogens with one attached hydrogen (secondary N) is 1. The molecular formula is C31H35Cl2N7O2. The second-order valence-electron chi connectivity index (χ2n) is 12.4. The summed E-state index contributed by atoms with van der Waals surface area (Å²) in [5.41, 5.74) is 9.13. The molecule has 0 radical (unpaired) electrons. The molecule has 6 rings (SSSR count). The Balaban J connectivity index is 1.12.